The van der Waals surface area contributed by atoms with E-state index in [0.717, 1.165) is 17.7 Å². The summed E-state index contributed by atoms with van der Waals surface area (Å²) in [5.41, 5.74) is 1.00. The van der Waals surface area contributed by atoms with Crippen molar-refractivity contribution in [2.45, 2.75) is 19.4 Å². The molecule has 104 valence electrons. The first-order chi connectivity index (χ1) is 9.22. The number of methoxy groups -OCH3 is 1. The fourth-order valence-electron chi connectivity index (χ4n) is 1.89. The Kier molecular flexibility index (Phi) is 6.68. The van der Waals surface area contributed by atoms with Crippen molar-refractivity contribution in [2.24, 2.45) is 0 Å². The molecule has 0 fully saturated rings. The Balaban J connectivity index is 2.67. The molecular formula is C15H22N2O2. The van der Waals surface area contributed by atoms with Gasteiger partial charge in [-0.05, 0) is 12.5 Å². The van der Waals surface area contributed by atoms with Gasteiger partial charge in [0.1, 0.15) is 5.75 Å². The summed E-state index contributed by atoms with van der Waals surface area (Å²) >= 11 is 0. The van der Waals surface area contributed by atoms with Gasteiger partial charge in [-0.15, -0.1) is 6.58 Å². The van der Waals surface area contributed by atoms with Crippen LogP contribution in [0, 0.1) is 0 Å². The Labute approximate surface area is 114 Å². The van der Waals surface area contributed by atoms with Crippen molar-refractivity contribution in [2.75, 3.05) is 20.2 Å². The molecule has 0 aliphatic rings. The first-order valence-corrected chi connectivity index (χ1v) is 6.46. The number of ether oxygens (including phenoxy) is 1. The summed E-state index contributed by atoms with van der Waals surface area (Å²) in [4.78, 5) is 11.8. The maximum absolute atomic E-state index is 11.8. The number of amides is 1. The molecule has 0 aliphatic heterocycles. The molecule has 0 saturated heterocycles. The molecule has 0 bridgehead atoms. The van der Waals surface area contributed by atoms with Gasteiger partial charge in [0.2, 0.25) is 5.91 Å². The molecule has 0 aromatic heterocycles. The quantitative estimate of drug-likeness (QED) is 0.557. The summed E-state index contributed by atoms with van der Waals surface area (Å²) in [6, 6.07) is 7.71. The average Bonchev–Trinajstić information content (AvgIpc) is 2.45. The van der Waals surface area contributed by atoms with Gasteiger partial charge in [-0.2, -0.15) is 0 Å². The fraction of sp³-hybridized carbons (Fsp3) is 0.400. The molecule has 1 aromatic rings. The number of rotatable bonds is 8. The van der Waals surface area contributed by atoms with Crippen molar-refractivity contribution in [1.29, 1.82) is 0 Å². The monoisotopic (exact) mass is 262 g/mol. The zero-order chi connectivity index (χ0) is 14.1. The van der Waals surface area contributed by atoms with Gasteiger partial charge in [0.15, 0.2) is 0 Å². The van der Waals surface area contributed by atoms with E-state index in [9.17, 15) is 4.79 Å². The van der Waals surface area contributed by atoms with E-state index in [0.29, 0.717) is 6.54 Å². The van der Waals surface area contributed by atoms with E-state index < -0.39 is 0 Å². The van der Waals surface area contributed by atoms with Gasteiger partial charge >= 0.3 is 0 Å². The Morgan fingerprint density at radius 3 is 2.84 bits per heavy atom. The highest BCUT2D eigenvalue weighted by Crippen LogP contribution is 2.26. The number of nitrogens with one attached hydrogen (secondary N) is 2. The summed E-state index contributed by atoms with van der Waals surface area (Å²) in [6.07, 6.45) is 2.54. The third kappa shape index (κ3) is 4.75. The van der Waals surface area contributed by atoms with Crippen molar-refractivity contribution in [1.82, 2.24) is 10.6 Å². The molecule has 0 radical (unpaired) electrons. The molecule has 4 nitrogen and oxygen atoms in total. The second-order valence-corrected chi connectivity index (χ2v) is 4.19. The van der Waals surface area contributed by atoms with Gasteiger partial charge in [0.05, 0.1) is 19.7 Å². The molecule has 0 aliphatic carbocycles. The molecule has 1 amide bonds. The normalized spacial score (nSPS) is 11.7. The SMILES string of the molecule is C=CCNCC(=O)NC(CC)c1ccccc1OC. The highest BCUT2D eigenvalue weighted by atomic mass is 16.5. The van der Waals surface area contributed by atoms with Crippen LogP contribution in [0.3, 0.4) is 0 Å². The minimum atomic E-state index is -0.0332. The lowest BCUT2D eigenvalue weighted by atomic mass is 10.0. The Bertz CT molecular complexity index is 418. The van der Waals surface area contributed by atoms with Gasteiger partial charge in [-0.1, -0.05) is 31.2 Å². The lowest BCUT2D eigenvalue weighted by Crippen LogP contribution is -2.36. The van der Waals surface area contributed by atoms with Crippen molar-refractivity contribution >= 4 is 5.91 Å². The largest absolute Gasteiger partial charge is 0.496 e. The first kappa shape index (κ1) is 15.2. The smallest absolute Gasteiger partial charge is 0.234 e. The van der Waals surface area contributed by atoms with Crippen LogP contribution in [0.1, 0.15) is 24.9 Å². The molecule has 2 N–H and O–H groups in total. The van der Waals surface area contributed by atoms with Gasteiger partial charge in [-0.3, -0.25) is 4.79 Å². The number of hydrogen-bond acceptors (Lipinski definition) is 3. The fourth-order valence-corrected chi connectivity index (χ4v) is 1.89. The average molecular weight is 262 g/mol. The summed E-state index contributed by atoms with van der Waals surface area (Å²) in [7, 11) is 1.64. The van der Waals surface area contributed by atoms with Crippen molar-refractivity contribution in [3.63, 3.8) is 0 Å². The lowest BCUT2D eigenvalue weighted by molar-refractivity contribution is -0.121. The van der Waals surface area contributed by atoms with E-state index in [2.05, 4.69) is 17.2 Å². The minimum Gasteiger partial charge on any atom is -0.496 e. The summed E-state index contributed by atoms with van der Waals surface area (Å²) in [6.45, 7) is 6.54. The van der Waals surface area contributed by atoms with Crippen LogP contribution >= 0.6 is 0 Å². The summed E-state index contributed by atoms with van der Waals surface area (Å²) in [5, 5.41) is 5.98. The number of hydrogen-bond donors (Lipinski definition) is 2. The molecule has 4 heteroatoms. The maximum Gasteiger partial charge on any atom is 0.234 e. The second-order valence-electron chi connectivity index (χ2n) is 4.19. The number of carbonyl (C=O) groups is 1. The number of benzene rings is 1. The van der Waals surface area contributed by atoms with E-state index in [1.54, 1.807) is 13.2 Å². The van der Waals surface area contributed by atoms with E-state index in [1.807, 2.05) is 31.2 Å². The maximum atomic E-state index is 11.8. The van der Waals surface area contributed by atoms with E-state index in [4.69, 9.17) is 4.74 Å². The lowest BCUT2D eigenvalue weighted by Gasteiger charge is -2.20. The second kappa shape index (κ2) is 8.32. The van der Waals surface area contributed by atoms with Crippen LogP contribution in [0.25, 0.3) is 0 Å². The third-order valence-corrected chi connectivity index (χ3v) is 2.83. The van der Waals surface area contributed by atoms with Gasteiger partial charge in [0, 0.05) is 12.1 Å². The molecule has 19 heavy (non-hydrogen) atoms. The van der Waals surface area contributed by atoms with E-state index in [-0.39, 0.29) is 18.5 Å². The number of carbonyl (C=O) groups excluding carboxylic acids is 1. The van der Waals surface area contributed by atoms with E-state index >= 15 is 0 Å². The number of para-hydroxylation sites is 1. The zero-order valence-electron chi connectivity index (χ0n) is 11.6. The molecule has 1 rings (SSSR count). The summed E-state index contributed by atoms with van der Waals surface area (Å²) < 4.78 is 5.33. The molecule has 0 saturated carbocycles. The van der Waals surface area contributed by atoms with Crippen LogP contribution in [0.2, 0.25) is 0 Å². The minimum absolute atomic E-state index is 0.0281. The topological polar surface area (TPSA) is 50.4 Å². The van der Waals surface area contributed by atoms with Crippen LogP contribution in [-0.4, -0.2) is 26.1 Å². The Morgan fingerprint density at radius 1 is 1.47 bits per heavy atom. The van der Waals surface area contributed by atoms with Crippen LogP contribution < -0.4 is 15.4 Å². The van der Waals surface area contributed by atoms with Crippen molar-refractivity contribution < 1.29 is 9.53 Å². The molecular weight excluding hydrogens is 240 g/mol. The van der Waals surface area contributed by atoms with Crippen LogP contribution in [0.15, 0.2) is 36.9 Å². The summed E-state index contributed by atoms with van der Waals surface area (Å²) in [5.74, 6) is 0.772. The van der Waals surface area contributed by atoms with Crippen LogP contribution in [0.4, 0.5) is 0 Å². The standard InChI is InChI=1S/C15H22N2O2/c1-4-10-16-11-15(18)17-13(5-2)12-8-6-7-9-14(12)19-3/h4,6-9,13,16H,1,5,10-11H2,2-3H3,(H,17,18). The van der Waals surface area contributed by atoms with Gasteiger partial charge < -0.3 is 15.4 Å². The van der Waals surface area contributed by atoms with E-state index in [1.165, 1.54) is 0 Å². The third-order valence-electron chi connectivity index (χ3n) is 2.83. The molecule has 0 heterocycles. The van der Waals surface area contributed by atoms with Crippen molar-refractivity contribution in [3.8, 4) is 5.75 Å². The van der Waals surface area contributed by atoms with Crippen LogP contribution in [0.5, 0.6) is 5.75 Å². The van der Waals surface area contributed by atoms with Crippen LogP contribution in [-0.2, 0) is 4.79 Å². The molecule has 1 unspecified atom stereocenters. The highest BCUT2D eigenvalue weighted by Gasteiger charge is 2.15. The molecule has 1 atom stereocenters. The first-order valence-electron chi connectivity index (χ1n) is 6.46. The van der Waals surface area contributed by atoms with Crippen molar-refractivity contribution in [3.05, 3.63) is 42.5 Å². The molecule has 1 aromatic carbocycles. The Morgan fingerprint density at radius 2 is 2.21 bits per heavy atom. The highest BCUT2D eigenvalue weighted by molar-refractivity contribution is 5.78. The van der Waals surface area contributed by atoms with Gasteiger partial charge in [0.25, 0.3) is 0 Å². The Hall–Kier alpha value is -1.81. The predicted molar refractivity (Wildman–Crippen MR) is 77.2 cm³/mol. The predicted octanol–water partition coefficient (Wildman–Crippen LogP) is 2.04. The van der Waals surface area contributed by atoms with Gasteiger partial charge in [-0.25, -0.2) is 0 Å². The zero-order valence-corrected chi connectivity index (χ0v) is 11.6. The molecule has 0 spiro atoms.